The predicted molar refractivity (Wildman–Crippen MR) is 220 cm³/mol. The number of rotatable bonds is 9. The van der Waals surface area contributed by atoms with Crippen LogP contribution in [-0.2, 0) is 19.1 Å². The fourth-order valence-corrected chi connectivity index (χ4v) is 8.53. The van der Waals surface area contributed by atoms with E-state index >= 15 is 0 Å². The van der Waals surface area contributed by atoms with Crippen molar-refractivity contribution >= 4 is 67.7 Å². The van der Waals surface area contributed by atoms with Crippen molar-refractivity contribution in [3.8, 4) is 11.3 Å². The van der Waals surface area contributed by atoms with E-state index in [1.165, 1.54) is 14.2 Å². The molecular weight excluding hydrogens is 739 g/mol. The van der Waals surface area contributed by atoms with Crippen LogP contribution >= 0.6 is 0 Å². The van der Waals surface area contributed by atoms with Crippen molar-refractivity contribution in [1.82, 2.24) is 45.4 Å². The second-order valence-electron chi connectivity index (χ2n) is 16.0. The number of pyridine rings is 1. The summed E-state index contributed by atoms with van der Waals surface area (Å²) in [6, 6.07) is 16.5. The van der Waals surface area contributed by atoms with Gasteiger partial charge in [-0.15, -0.1) is 0 Å². The summed E-state index contributed by atoms with van der Waals surface area (Å²) in [7, 11) is 2.58. The van der Waals surface area contributed by atoms with Crippen LogP contribution in [0, 0.1) is 11.8 Å². The summed E-state index contributed by atoms with van der Waals surface area (Å²) in [6.07, 6.45) is 1.90. The standard InChI is InChI=1S/C43H49N9O6/c1-22(2)34(49-42(55)57-5)40(53)51-19-7-9-32(51)38-45-30-15-12-24-21-25(11-13-26(24)36(30)47-38)28-16-14-27-29(44-28)17-18-31-37(27)48-39(46-31)33-10-8-20-52(33)41(54)35(23(3)4)50-43(56)58-6/h11-18,21-23,32-35,44H,7-10,19-20H2,1-6H3,(H,45,47)(H,49,55)(H,50,56)/t32-,33-,34-,35-/m0/s1. The van der Waals surface area contributed by atoms with E-state index in [1.54, 1.807) is 4.90 Å². The number of imidazole rings is 2. The summed E-state index contributed by atoms with van der Waals surface area (Å²) in [5.41, 5.74) is 6.09. The highest BCUT2D eigenvalue weighted by atomic mass is 16.5. The van der Waals surface area contributed by atoms with Gasteiger partial charge in [0.05, 0.1) is 42.9 Å². The Balaban J connectivity index is 1.05. The van der Waals surface area contributed by atoms with Gasteiger partial charge in [0.1, 0.15) is 23.4 Å². The quantitative estimate of drug-likeness (QED) is 0.121. The lowest BCUT2D eigenvalue weighted by Crippen LogP contribution is -2.51. The highest BCUT2D eigenvalue weighted by Crippen LogP contribution is 2.37. The number of amides is 4. The molecule has 5 heterocycles. The van der Waals surface area contributed by atoms with E-state index in [1.807, 2.05) is 56.9 Å². The topological polar surface area (TPSA) is 188 Å². The van der Waals surface area contributed by atoms with Crippen molar-refractivity contribution in [3.05, 3.63) is 66.2 Å². The summed E-state index contributed by atoms with van der Waals surface area (Å²) in [4.78, 5) is 77.1. The van der Waals surface area contributed by atoms with Crippen molar-refractivity contribution in [2.24, 2.45) is 11.8 Å². The first-order valence-electron chi connectivity index (χ1n) is 20.0. The summed E-state index contributed by atoms with van der Waals surface area (Å²) in [6.45, 7) is 8.75. The van der Waals surface area contributed by atoms with Gasteiger partial charge < -0.3 is 39.9 Å². The molecule has 2 aliphatic heterocycles. The number of fused-ring (bicyclic) bond motifs is 6. The van der Waals surface area contributed by atoms with E-state index in [2.05, 4.69) is 50.9 Å². The Kier molecular flexibility index (Phi) is 10.4. The molecule has 15 nitrogen and oxygen atoms in total. The van der Waals surface area contributed by atoms with Crippen LogP contribution in [0.1, 0.15) is 77.1 Å². The molecule has 2 saturated heterocycles. The van der Waals surface area contributed by atoms with E-state index in [0.717, 1.165) is 86.5 Å². The number of nitrogens with one attached hydrogen (secondary N) is 4. The Labute approximate surface area is 335 Å². The molecule has 0 saturated carbocycles. The highest BCUT2D eigenvalue weighted by Gasteiger charge is 2.39. The molecule has 3 aromatic carbocycles. The van der Waals surface area contributed by atoms with Crippen LogP contribution in [0.5, 0.6) is 0 Å². The summed E-state index contributed by atoms with van der Waals surface area (Å²) < 4.78 is 9.57. The number of methoxy groups -OCH3 is 2. The van der Waals surface area contributed by atoms with Gasteiger partial charge in [-0.05, 0) is 84.9 Å². The number of carbonyl (C=O) groups is 4. The molecule has 8 rings (SSSR count). The van der Waals surface area contributed by atoms with E-state index in [9.17, 15) is 19.2 Å². The van der Waals surface area contributed by atoms with Gasteiger partial charge in [-0.2, -0.15) is 0 Å². The Bertz CT molecular complexity index is 2390. The summed E-state index contributed by atoms with van der Waals surface area (Å²) >= 11 is 0. The third-order valence-electron chi connectivity index (χ3n) is 11.6. The minimum atomic E-state index is -0.717. The normalized spacial score (nSPS) is 18.1. The third-order valence-corrected chi connectivity index (χ3v) is 11.6. The maximum absolute atomic E-state index is 13.7. The molecular formula is C43H49N9O6. The van der Waals surface area contributed by atoms with E-state index in [-0.39, 0.29) is 35.7 Å². The number of likely N-dealkylation sites (tertiary alicyclic amines) is 2. The number of nitrogens with zero attached hydrogens (tertiary/aromatic N) is 5. The number of alkyl carbamates (subject to hydrolysis) is 2. The first kappa shape index (κ1) is 38.6. The molecule has 0 bridgehead atoms. The van der Waals surface area contributed by atoms with Gasteiger partial charge in [0, 0.05) is 35.1 Å². The van der Waals surface area contributed by atoms with Gasteiger partial charge >= 0.3 is 12.2 Å². The van der Waals surface area contributed by atoms with Crippen molar-refractivity contribution in [3.63, 3.8) is 0 Å². The summed E-state index contributed by atoms with van der Waals surface area (Å²) in [5.74, 6) is 0.777. The second-order valence-corrected chi connectivity index (χ2v) is 16.0. The van der Waals surface area contributed by atoms with Crippen molar-refractivity contribution in [2.75, 3.05) is 27.3 Å². The monoisotopic (exact) mass is 787 g/mol. The van der Waals surface area contributed by atoms with Crippen LogP contribution in [-0.4, -0.2) is 98.1 Å². The minimum Gasteiger partial charge on any atom is -0.453 e. The molecule has 6 aromatic rings. The molecule has 2 fully saturated rings. The van der Waals surface area contributed by atoms with Crippen LogP contribution in [0.15, 0.2) is 54.6 Å². The molecule has 302 valence electrons. The zero-order valence-corrected chi connectivity index (χ0v) is 33.6. The maximum atomic E-state index is 13.7. The Morgan fingerprint density at radius 2 is 1.31 bits per heavy atom. The third kappa shape index (κ3) is 7.02. The Hall–Kier alpha value is -6.25. The average molecular weight is 788 g/mol. The average Bonchev–Trinajstić information content (AvgIpc) is 4.06. The first-order valence-corrected chi connectivity index (χ1v) is 20.0. The fourth-order valence-electron chi connectivity index (χ4n) is 8.53. The molecule has 0 spiro atoms. The molecule has 2 aliphatic rings. The zero-order chi connectivity index (χ0) is 40.8. The van der Waals surface area contributed by atoms with Crippen LogP contribution < -0.4 is 10.6 Å². The summed E-state index contributed by atoms with van der Waals surface area (Å²) in [5, 5.41) is 8.36. The van der Waals surface area contributed by atoms with Crippen LogP contribution in [0.4, 0.5) is 9.59 Å². The Morgan fingerprint density at radius 3 is 1.97 bits per heavy atom. The fraction of sp³-hybridized carbons (Fsp3) is 0.419. The first-order chi connectivity index (χ1) is 27.9. The van der Waals surface area contributed by atoms with Crippen molar-refractivity contribution < 1.29 is 28.7 Å². The lowest BCUT2D eigenvalue weighted by Gasteiger charge is -2.29. The number of hydrogen-bond acceptors (Lipinski definition) is 9. The van der Waals surface area contributed by atoms with E-state index < -0.39 is 24.3 Å². The molecule has 4 amide bonds. The van der Waals surface area contributed by atoms with E-state index in [4.69, 9.17) is 24.4 Å². The smallest absolute Gasteiger partial charge is 0.407 e. The predicted octanol–water partition coefficient (Wildman–Crippen LogP) is 6.90. The maximum Gasteiger partial charge on any atom is 0.407 e. The minimum absolute atomic E-state index is 0.117. The number of hydrogen-bond donors (Lipinski definition) is 4. The van der Waals surface area contributed by atoms with Gasteiger partial charge in [-0.3, -0.25) is 9.59 Å². The van der Waals surface area contributed by atoms with Crippen molar-refractivity contribution in [1.29, 1.82) is 0 Å². The van der Waals surface area contributed by atoms with Gasteiger partial charge in [0.25, 0.3) is 0 Å². The van der Waals surface area contributed by atoms with Crippen LogP contribution in [0.2, 0.25) is 0 Å². The Morgan fingerprint density at radius 1 is 0.690 bits per heavy atom. The molecule has 3 aromatic heterocycles. The lowest BCUT2D eigenvalue weighted by molar-refractivity contribution is -0.136. The molecule has 15 heteroatoms. The molecule has 4 N–H and O–H groups in total. The van der Waals surface area contributed by atoms with Crippen LogP contribution in [0.25, 0.3) is 55.0 Å². The number of aromatic amines is 2. The van der Waals surface area contributed by atoms with Gasteiger partial charge in [0.15, 0.2) is 5.82 Å². The molecule has 0 unspecified atom stereocenters. The number of ether oxygens (including phenoxy) is 2. The molecule has 0 aliphatic carbocycles. The lowest BCUT2D eigenvalue weighted by atomic mass is 10.0. The van der Waals surface area contributed by atoms with E-state index in [0.29, 0.717) is 18.9 Å². The van der Waals surface area contributed by atoms with Gasteiger partial charge in [0.2, 0.25) is 11.8 Å². The molecule has 58 heavy (non-hydrogen) atoms. The van der Waals surface area contributed by atoms with Gasteiger partial charge in [-0.25, -0.2) is 24.5 Å². The largest absolute Gasteiger partial charge is 0.453 e. The zero-order valence-electron chi connectivity index (χ0n) is 33.6. The molecule has 0 radical (unpaired) electrons. The van der Waals surface area contributed by atoms with Gasteiger partial charge in [-0.1, -0.05) is 45.9 Å². The van der Waals surface area contributed by atoms with Crippen LogP contribution in [0.3, 0.4) is 0 Å². The van der Waals surface area contributed by atoms with Crippen molar-refractivity contribution in [2.45, 2.75) is 77.5 Å². The highest BCUT2D eigenvalue weighted by molar-refractivity contribution is 6.06. The number of H-pyrrole nitrogens is 2. The SMILES string of the molecule is COC(=O)N[C@H](C(=O)N1CCC[C@H]1c1nc2ccc3[nH]c(-c4ccc5c(ccc6[nH]c([C@@H]7CCCN7C(=O)[C@@H](NC(=O)OC)C(C)C)nc65)c4)ccc3c2n1)C(C)C. The number of carbonyl (C=O) groups excluding carboxylic acids is 4. The molecule has 4 atom stereocenters. The number of aromatic nitrogens is 5. The number of benzene rings is 3. The second kappa shape index (κ2) is 15.6.